The summed E-state index contributed by atoms with van der Waals surface area (Å²) in [7, 11) is 0. The van der Waals surface area contributed by atoms with Gasteiger partial charge < -0.3 is 10.4 Å². The Hall–Kier alpha value is -1.28. The van der Waals surface area contributed by atoms with E-state index in [0.717, 1.165) is 12.1 Å². The first-order valence-corrected chi connectivity index (χ1v) is 4.94. The van der Waals surface area contributed by atoms with Gasteiger partial charge in [0.1, 0.15) is 0 Å². The molecular weight excluding hydrogens is 174 g/mol. The second-order valence-corrected chi connectivity index (χ2v) is 3.67. The molecule has 0 saturated carbocycles. The molecule has 2 N–H and O–H groups in total. The number of allylic oxidation sites excluding steroid dienone is 1. The van der Waals surface area contributed by atoms with Crippen LogP contribution < -0.4 is 5.32 Å². The van der Waals surface area contributed by atoms with Crippen LogP contribution in [0.15, 0.2) is 36.9 Å². The van der Waals surface area contributed by atoms with Gasteiger partial charge in [-0.2, -0.15) is 0 Å². The lowest BCUT2D eigenvalue weighted by molar-refractivity contribution is 0.152. The maximum Gasteiger partial charge on any atom is 0.0784 e. The molecule has 2 atom stereocenters. The minimum Gasteiger partial charge on any atom is -0.391 e. The van der Waals surface area contributed by atoms with Crippen LogP contribution in [0, 0.1) is 0 Å². The zero-order chi connectivity index (χ0) is 9.97. The summed E-state index contributed by atoms with van der Waals surface area (Å²) in [6, 6.07) is 8.14. The maximum atomic E-state index is 9.84. The van der Waals surface area contributed by atoms with Gasteiger partial charge in [0.15, 0.2) is 0 Å². The topological polar surface area (TPSA) is 32.3 Å². The summed E-state index contributed by atoms with van der Waals surface area (Å²) in [5.74, 6) is 0.199. The predicted octanol–water partition coefficient (Wildman–Crippen LogP) is 2.13. The standard InChI is InChI=1S/C12H15NO/c1-2-5-10-9-6-3-4-7-11(9)13-8-12(10)14/h2-4,6-7,10,12-14H,1,5,8H2/t10-,12+/m1/s1. The van der Waals surface area contributed by atoms with E-state index in [9.17, 15) is 5.11 Å². The Kier molecular flexibility index (Phi) is 2.55. The van der Waals surface area contributed by atoms with E-state index in [2.05, 4.69) is 24.0 Å². The van der Waals surface area contributed by atoms with Crippen LogP contribution in [0.2, 0.25) is 0 Å². The van der Waals surface area contributed by atoms with Crippen LogP contribution in [0.4, 0.5) is 5.69 Å². The molecule has 0 spiro atoms. The molecule has 1 aliphatic rings. The van der Waals surface area contributed by atoms with Gasteiger partial charge in [0, 0.05) is 18.2 Å². The Bertz CT molecular complexity index is 335. The molecule has 0 aliphatic carbocycles. The maximum absolute atomic E-state index is 9.84. The molecule has 0 unspecified atom stereocenters. The lowest BCUT2D eigenvalue weighted by Crippen LogP contribution is -2.32. The molecule has 1 heterocycles. The molecule has 0 radical (unpaired) electrons. The Morgan fingerprint density at radius 3 is 3.07 bits per heavy atom. The summed E-state index contributed by atoms with van der Waals surface area (Å²) in [5.41, 5.74) is 2.34. The number of hydrogen-bond donors (Lipinski definition) is 2. The number of benzene rings is 1. The van der Waals surface area contributed by atoms with Crippen molar-refractivity contribution in [2.24, 2.45) is 0 Å². The Balaban J connectivity index is 2.35. The summed E-state index contributed by atoms with van der Waals surface area (Å²) >= 11 is 0. The van der Waals surface area contributed by atoms with E-state index in [-0.39, 0.29) is 12.0 Å². The summed E-state index contributed by atoms with van der Waals surface area (Å²) in [5, 5.41) is 13.1. The molecule has 2 nitrogen and oxygen atoms in total. The van der Waals surface area contributed by atoms with Gasteiger partial charge in [-0.3, -0.25) is 0 Å². The van der Waals surface area contributed by atoms with Gasteiger partial charge in [0.05, 0.1) is 6.10 Å². The summed E-state index contributed by atoms with van der Waals surface area (Å²) in [6.07, 6.45) is 2.40. The van der Waals surface area contributed by atoms with E-state index in [1.807, 2.05) is 18.2 Å². The van der Waals surface area contributed by atoms with Crippen molar-refractivity contribution in [1.82, 2.24) is 0 Å². The van der Waals surface area contributed by atoms with Gasteiger partial charge in [-0.1, -0.05) is 24.3 Å². The highest BCUT2D eigenvalue weighted by atomic mass is 16.3. The fourth-order valence-corrected chi connectivity index (χ4v) is 2.01. The first-order valence-electron chi connectivity index (χ1n) is 4.94. The molecule has 74 valence electrons. The van der Waals surface area contributed by atoms with Crippen molar-refractivity contribution in [3.63, 3.8) is 0 Å². The fraction of sp³-hybridized carbons (Fsp3) is 0.333. The number of aliphatic hydroxyl groups is 1. The summed E-state index contributed by atoms with van der Waals surface area (Å²) in [4.78, 5) is 0. The predicted molar refractivity (Wildman–Crippen MR) is 58.5 cm³/mol. The number of β-amino-alcohol motifs (C(OH)–C–C–N with tert-alkyl or cyclic N) is 1. The third kappa shape index (κ3) is 1.53. The highest BCUT2D eigenvalue weighted by molar-refractivity contribution is 5.55. The molecule has 0 aromatic heterocycles. The minimum absolute atomic E-state index is 0.199. The largest absolute Gasteiger partial charge is 0.391 e. The van der Waals surface area contributed by atoms with Crippen molar-refractivity contribution in [2.75, 3.05) is 11.9 Å². The smallest absolute Gasteiger partial charge is 0.0784 e. The number of rotatable bonds is 2. The van der Waals surface area contributed by atoms with Crippen LogP contribution in [0.3, 0.4) is 0 Å². The normalized spacial score (nSPS) is 24.9. The first-order chi connectivity index (χ1) is 6.83. The molecule has 0 fully saturated rings. The molecule has 0 amide bonds. The molecule has 1 aromatic rings. The molecule has 2 heteroatoms. The second kappa shape index (κ2) is 3.84. The van der Waals surface area contributed by atoms with Gasteiger partial charge >= 0.3 is 0 Å². The number of aliphatic hydroxyl groups excluding tert-OH is 1. The summed E-state index contributed by atoms with van der Waals surface area (Å²) < 4.78 is 0. The van der Waals surface area contributed by atoms with Crippen molar-refractivity contribution >= 4 is 5.69 Å². The minimum atomic E-state index is -0.303. The van der Waals surface area contributed by atoms with Gasteiger partial charge in [0.2, 0.25) is 0 Å². The van der Waals surface area contributed by atoms with E-state index >= 15 is 0 Å². The van der Waals surface area contributed by atoms with Crippen molar-refractivity contribution in [3.8, 4) is 0 Å². The molecular formula is C12H15NO. The van der Waals surface area contributed by atoms with Crippen LogP contribution in [0.1, 0.15) is 17.9 Å². The van der Waals surface area contributed by atoms with Gasteiger partial charge in [0.25, 0.3) is 0 Å². The molecule has 0 saturated heterocycles. The summed E-state index contributed by atoms with van der Waals surface area (Å²) in [6.45, 7) is 4.37. The van der Waals surface area contributed by atoms with Gasteiger partial charge in [-0.05, 0) is 18.1 Å². The lowest BCUT2D eigenvalue weighted by atomic mass is 9.86. The number of hydrogen-bond acceptors (Lipinski definition) is 2. The average molecular weight is 189 g/mol. The Morgan fingerprint density at radius 2 is 2.29 bits per heavy atom. The lowest BCUT2D eigenvalue weighted by Gasteiger charge is -2.30. The zero-order valence-electron chi connectivity index (χ0n) is 8.11. The quantitative estimate of drug-likeness (QED) is 0.698. The van der Waals surface area contributed by atoms with E-state index < -0.39 is 0 Å². The van der Waals surface area contributed by atoms with Crippen LogP contribution in [-0.2, 0) is 0 Å². The third-order valence-corrected chi connectivity index (χ3v) is 2.75. The number of fused-ring (bicyclic) bond motifs is 1. The highest BCUT2D eigenvalue weighted by Gasteiger charge is 2.26. The first kappa shape index (κ1) is 9.28. The molecule has 14 heavy (non-hydrogen) atoms. The number of anilines is 1. The van der Waals surface area contributed by atoms with Crippen LogP contribution in [0.5, 0.6) is 0 Å². The number of nitrogens with one attached hydrogen (secondary N) is 1. The molecule has 1 aromatic carbocycles. The third-order valence-electron chi connectivity index (χ3n) is 2.75. The van der Waals surface area contributed by atoms with Crippen LogP contribution in [0.25, 0.3) is 0 Å². The van der Waals surface area contributed by atoms with Crippen molar-refractivity contribution in [3.05, 3.63) is 42.5 Å². The number of para-hydroxylation sites is 1. The molecule has 1 aliphatic heterocycles. The molecule has 2 rings (SSSR count). The van der Waals surface area contributed by atoms with E-state index in [0.29, 0.717) is 6.54 Å². The monoisotopic (exact) mass is 189 g/mol. The van der Waals surface area contributed by atoms with Crippen molar-refractivity contribution in [1.29, 1.82) is 0 Å². The van der Waals surface area contributed by atoms with E-state index in [1.54, 1.807) is 0 Å². The Morgan fingerprint density at radius 1 is 1.50 bits per heavy atom. The van der Waals surface area contributed by atoms with Gasteiger partial charge in [-0.25, -0.2) is 0 Å². The van der Waals surface area contributed by atoms with Crippen molar-refractivity contribution in [2.45, 2.75) is 18.4 Å². The highest BCUT2D eigenvalue weighted by Crippen LogP contribution is 2.33. The van der Waals surface area contributed by atoms with Crippen molar-refractivity contribution < 1.29 is 5.11 Å². The zero-order valence-corrected chi connectivity index (χ0v) is 8.11. The van der Waals surface area contributed by atoms with Crippen LogP contribution >= 0.6 is 0 Å². The second-order valence-electron chi connectivity index (χ2n) is 3.67. The van der Waals surface area contributed by atoms with Gasteiger partial charge in [-0.15, -0.1) is 6.58 Å². The fourth-order valence-electron chi connectivity index (χ4n) is 2.01. The molecule has 0 bridgehead atoms. The Labute approximate surface area is 84.3 Å². The van der Waals surface area contributed by atoms with Crippen LogP contribution in [-0.4, -0.2) is 17.8 Å². The SMILES string of the molecule is C=CC[C@@H]1c2ccccc2NC[C@@H]1O. The average Bonchev–Trinajstić information content (AvgIpc) is 2.23. The van der Waals surface area contributed by atoms with E-state index in [4.69, 9.17) is 0 Å². The van der Waals surface area contributed by atoms with E-state index in [1.165, 1.54) is 5.56 Å².